The molecule has 7 heteroatoms. The third kappa shape index (κ3) is 4.76. The van der Waals surface area contributed by atoms with Crippen molar-refractivity contribution in [2.45, 2.75) is 27.0 Å². The minimum atomic E-state index is 0.481. The van der Waals surface area contributed by atoms with Gasteiger partial charge < -0.3 is 14.8 Å². The van der Waals surface area contributed by atoms with E-state index in [1.54, 1.807) is 0 Å². The molecule has 0 atom stereocenters. The van der Waals surface area contributed by atoms with Crippen molar-refractivity contribution in [1.29, 1.82) is 0 Å². The largest absolute Gasteiger partial charge is 0.490 e. The molecule has 0 unspecified atom stereocenters. The highest BCUT2D eigenvalue weighted by molar-refractivity contribution is 9.10. The van der Waals surface area contributed by atoms with Gasteiger partial charge >= 0.3 is 0 Å². The van der Waals surface area contributed by atoms with Gasteiger partial charge in [-0.1, -0.05) is 29.8 Å². The molecule has 0 amide bonds. The second kappa shape index (κ2) is 8.71. The summed E-state index contributed by atoms with van der Waals surface area (Å²) in [6, 6.07) is 12.3. The van der Waals surface area contributed by atoms with Crippen LogP contribution in [0.25, 0.3) is 0 Å². The van der Waals surface area contributed by atoms with Crippen LogP contribution in [-0.2, 0) is 13.2 Å². The average molecular weight is 417 g/mol. The van der Waals surface area contributed by atoms with Crippen LogP contribution in [0.3, 0.4) is 0 Å². The lowest BCUT2D eigenvalue weighted by Crippen LogP contribution is -2.04. The molecule has 1 aromatic heterocycles. The topological polar surface area (TPSA) is 72.1 Å². The van der Waals surface area contributed by atoms with E-state index >= 15 is 0 Å². The first-order valence-corrected chi connectivity index (χ1v) is 9.18. The first-order chi connectivity index (χ1) is 12.7. The lowest BCUT2D eigenvalue weighted by molar-refractivity contribution is 0.267. The first-order valence-electron chi connectivity index (χ1n) is 8.38. The van der Waals surface area contributed by atoms with Gasteiger partial charge in [0.15, 0.2) is 11.5 Å². The molecule has 0 spiro atoms. The van der Waals surface area contributed by atoms with Crippen LogP contribution in [0.5, 0.6) is 11.5 Å². The Morgan fingerprint density at radius 2 is 1.92 bits per heavy atom. The number of aromatic nitrogens is 3. The fourth-order valence-corrected chi connectivity index (χ4v) is 3.05. The summed E-state index contributed by atoms with van der Waals surface area (Å²) in [4.78, 5) is 4.05. The molecule has 3 rings (SSSR count). The molecule has 2 N–H and O–H groups in total. The minimum absolute atomic E-state index is 0.481. The maximum Gasteiger partial charge on any atom is 0.218 e. The van der Waals surface area contributed by atoms with Crippen molar-refractivity contribution in [2.75, 3.05) is 11.9 Å². The van der Waals surface area contributed by atoms with Crippen molar-refractivity contribution in [3.8, 4) is 11.5 Å². The van der Waals surface area contributed by atoms with Crippen LogP contribution >= 0.6 is 15.9 Å². The zero-order chi connectivity index (χ0) is 18.4. The van der Waals surface area contributed by atoms with Crippen molar-refractivity contribution in [1.82, 2.24) is 15.2 Å². The van der Waals surface area contributed by atoms with Crippen molar-refractivity contribution in [3.05, 3.63) is 63.9 Å². The van der Waals surface area contributed by atoms with Gasteiger partial charge in [0.25, 0.3) is 0 Å². The number of nitrogens with one attached hydrogen (secondary N) is 2. The van der Waals surface area contributed by atoms with Gasteiger partial charge in [0.1, 0.15) is 12.9 Å². The van der Waals surface area contributed by atoms with Crippen LogP contribution in [0.1, 0.15) is 23.6 Å². The van der Waals surface area contributed by atoms with E-state index in [1.165, 1.54) is 11.9 Å². The predicted octanol–water partition coefficient (Wildman–Crippen LogP) is 4.47. The Labute approximate surface area is 161 Å². The number of rotatable bonds is 8. The van der Waals surface area contributed by atoms with Crippen LogP contribution in [0.4, 0.5) is 5.95 Å². The van der Waals surface area contributed by atoms with Gasteiger partial charge in [-0.2, -0.15) is 5.10 Å². The smallest absolute Gasteiger partial charge is 0.218 e. The quantitative estimate of drug-likeness (QED) is 0.566. The molecule has 0 aliphatic heterocycles. The molecule has 6 nitrogen and oxygen atoms in total. The van der Waals surface area contributed by atoms with Crippen LogP contribution in [0, 0.1) is 6.92 Å². The van der Waals surface area contributed by atoms with Crippen LogP contribution in [-0.4, -0.2) is 21.8 Å². The molecule has 0 saturated heterocycles. The van der Waals surface area contributed by atoms with E-state index in [0.29, 0.717) is 37.2 Å². The SMILES string of the molecule is CCOc1cc(CNc2ncn[nH]2)cc(Br)c1OCc1ccc(C)cc1. The summed E-state index contributed by atoms with van der Waals surface area (Å²) in [7, 11) is 0. The van der Waals surface area contributed by atoms with Gasteiger partial charge in [-0.3, -0.25) is 0 Å². The number of ether oxygens (including phenoxy) is 2. The second-order valence-electron chi connectivity index (χ2n) is 5.80. The molecule has 0 fully saturated rings. The standard InChI is InChI=1S/C19H21BrN4O2/c1-3-25-17-9-15(10-21-19-22-12-23-24-19)8-16(20)18(17)26-11-14-6-4-13(2)5-7-14/h4-9,12H,3,10-11H2,1-2H3,(H2,21,22,23,24). The Balaban J connectivity index is 1.74. The summed E-state index contributed by atoms with van der Waals surface area (Å²) in [5, 5.41) is 9.77. The molecule has 136 valence electrons. The number of halogens is 1. The average Bonchev–Trinajstić information content (AvgIpc) is 3.14. The Morgan fingerprint density at radius 1 is 1.12 bits per heavy atom. The Hall–Kier alpha value is -2.54. The molecule has 0 radical (unpaired) electrons. The summed E-state index contributed by atoms with van der Waals surface area (Å²) >= 11 is 3.60. The predicted molar refractivity (Wildman–Crippen MR) is 105 cm³/mol. The molecule has 0 aliphatic carbocycles. The molecule has 3 aromatic rings. The molecule has 1 heterocycles. The van der Waals surface area contributed by atoms with Crippen molar-refractivity contribution in [3.63, 3.8) is 0 Å². The van der Waals surface area contributed by atoms with Gasteiger partial charge in [-0.05, 0) is 53.0 Å². The van der Waals surface area contributed by atoms with E-state index in [1.807, 2.05) is 19.1 Å². The first kappa shape index (κ1) is 18.3. The number of benzene rings is 2. The van der Waals surface area contributed by atoms with Crippen LogP contribution in [0.2, 0.25) is 0 Å². The molecular weight excluding hydrogens is 396 g/mol. The monoisotopic (exact) mass is 416 g/mol. The maximum atomic E-state index is 6.03. The van der Waals surface area contributed by atoms with Gasteiger partial charge in [0.05, 0.1) is 11.1 Å². The van der Waals surface area contributed by atoms with Gasteiger partial charge in [-0.25, -0.2) is 10.1 Å². The number of aryl methyl sites for hydroxylation is 1. The maximum absolute atomic E-state index is 6.03. The van der Waals surface area contributed by atoms with Crippen LogP contribution < -0.4 is 14.8 Å². The minimum Gasteiger partial charge on any atom is -0.490 e. The number of hydrogen-bond donors (Lipinski definition) is 2. The lowest BCUT2D eigenvalue weighted by Gasteiger charge is -2.16. The summed E-state index contributed by atoms with van der Waals surface area (Å²) in [6.07, 6.45) is 1.46. The highest BCUT2D eigenvalue weighted by Gasteiger charge is 2.13. The zero-order valence-electron chi connectivity index (χ0n) is 14.8. The molecule has 2 aromatic carbocycles. The summed E-state index contributed by atoms with van der Waals surface area (Å²) in [5.41, 5.74) is 3.38. The van der Waals surface area contributed by atoms with E-state index in [9.17, 15) is 0 Å². The fourth-order valence-electron chi connectivity index (χ4n) is 2.44. The molecule has 0 bridgehead atoms. The number of nitrogens with zero attached hydrogens (tertiary/aromatic N) is 2. The third-order valence-corrected chi connectivity index (χ3v) is 4.34. The van der Waals surface area contributed by atoms with E-state index < -0.39 is 0 Å². The Morgan fingerprint density at radius 3 is 2.62 bits per heavy atom. The molecule has 0 saturated carbocycles. The zero-order valence-corrected chi connectivity index (χ0v) is 16.3. The second-order valence-corrected chi connectivity index (χ2v) is 6.65. The normalized spacial score (nSPS) is 10.6. The molecular formula is C19H21BrN4O2. The van der Waals surface area contributed by atoms with Crippen molar-refractivity contribution < 1.29 is 9.47 Å². The number of H-pyrrole nitrogens is 1. The van der Waals surface area contributed by atoms with E-state index in [4.69, 9.17) is 9.47 Å². The van der Waals surface area contributed by atoms with E-state index in [2.05, 4.69) is 67.6 Å². The van der Waals surface area contributed by atoms with Crippen molar-refractivity contribution in [2.24, 2.45) is 0 Å². The van der Waals surface area contributed by atoms with E-state index in [-0.39, 0.29) is 0 Å². The third-order valence-electron chi connectivity index (χ3n) is 3.75. The number of aromatic amines is 1. The van der Waals surface area contributed by atoms with Gasteiger partial charge in [0, 0.05) is 6.54 Å². The summed E-state index contributed by atoms with van der Waals surface area (Å²) in [6.45, 7) is 5.66. The molecule has 26 heavy (non-hydrogen) atoms. The number of anilines is 1. The highest BCUT2D eigenvalue weighted by Crippen LogP contribution is 2.37. The lowest BCUT2D eigenvalue weighted by atomic mass is 10.1. The van der Waals surface area contributed by atoms with Gasteiger partial charge in [-0.15, -0.1) is 0 Å². The van der Waals surface area contributed by atoms with E-state index in [0.717, 1.165) is 15.6 Å². The van der Waals surface area contributed by atoms with Gasteiger partial charge in [0.2, 0.25) is 5.95 Å². The van der Waals surface area contributed by atoms with Crippen LogP contribution in [0.15, 0.2) is 47.2 Å². The fraction of sp³-hybridized carbons (Fsp3) is 0.263. The Kier molecular flexibility index (Phi) is 6.12. The summed E-state index contributed by atoms with van der Waals surface area (Å²) in [5.74, 6) is 2.04. The molecule has 0 aliphatic rings. The summed E-state index contributed by atoms with van der Waals surface area (Å²) < 4.78 is 12.7. The van der Waals surface area contributed by atoms with Crippen molar-refractivity contribution >= 4 is 21.9 Å². The highest BCUT2D eigenvalue weighted by atomic mass is 79.9. The Bertz CT molecular complexity index is 836. The number of hydrogen-bond acceptors (Lipinski definition) is 5.